The van der Waals surface area contributed by atoms with E-state index in [4.69, 9.17) is 0 Å². The molecule has 0 atom stereocenters. The lowest BCUT2D eigenvalue weighted by atomic mass is 10.0. The molecular weight excluding hydrogens is 871 g/mol. The number of rotatable bonds is 24. The number of nitrogens with one attached hydrogen (secondary N) is 3. The number of amides is 3. The van der Waals surface area contributed by atoms with Crippen molar-refractivity contribution in [2.45, 2.75) is 58.2 Å². The largest absolute Gasteiger partial charge is 0.326 e. The van der Waals surface area contributed by atoms with Crippen LogP contribution in [0.25, 0.3) is 33.8 Å². The first-order valence-electron chi connectivity index (χ1n) is 23.3. The van der Waals surface area contributed by atoms with Crippen LogP contribution in [0.2, 0.25) is 0 Å². The Hall–Kier alpha value is -7.41. The summed E-state index contributed by atoms with van der Waals surface area (Å²) >= 11 is 0. The number of carbonyl (C=O) groups is 3. The summed E-state index contributed by atoms with van der Waals surface area (Å²) in [5.74, 6) is -0.0281. The van der Waals surface area contributed by atoms with Gasteiger partial charge in [-0.15, -0.1) is 15.3 Å². The Morgan fingerprint density at radius 2 is 0.681 bits per heavy atom. The third-order valence-corrected chi connectivity index (χ3v) is 11.2. The predicted molar refractivity (Wildman–Crippen MR) is 269 cm³/mol. The van der Waals surface area contributed by atoms with Crippen molar-refractivity contribution < 1.29 is 14.4 Å². The van der Waals surface area contributed by atoms with Crippen LogP contribution < -0.4 is 16.0 Å². The summed E-state index contributed by atoms with van der Waals surface area (Å²) in [7, 11) is 12.0. The Balaban J connectivity index is 1.05. The van der Waals surface area contributed by atoms with Crippen molar-refractivity contribution in [2.75, 3.05) is 77.9 Å². The second-order valence-electron chi connectivity index (χ2n) is 18.2. The number of anilines is 3. The topological polar surface area (TPSA) is 189 Å². The summed E-state index contributed by atoms with van der Waals surface area (Å²) in [6, 6.07) is 29.3. The first-order chi connectivity index (χ1) is 33.3. The molecule has 7 aromatic rings. The molecule has 0 saturated heterocycles. The lowest BCUT2D eigenvalue weighted by Gasteiger charge is -2.10. The summed E-state index contributed by atoms with van der Waals surface area (Å²) in [5, 5.41) is 35.8. The highest BCUT2D eigenvalue weighted by atomic mass is 16.2. The van der Waals surface area contributed by atoms with Crippen molar-refractivity contribution in [1.82, 2.24) is 59.7 Å². The molecule has 3 aromatic heterocycles. The van der Waals surface area contributed by atoms with Crippen molar-refractivity contribution >= 4 is 34.8 Å². The molecule has 3 amide bonds. The summed E-state index contributed by atoms with van der Waals surface area (Å²) < 4.78 is 5.43. The minimum absolute atomic E-state index is 0.00937. The number of aromatic nitrogens is 9. The van der Waals surface area contributed by atoms with Gasteiger partial charge >= 0.3 is 0 Å². The van der Waals surface area contributed by atoms with Crippen LogP contribution in [0.5, 0.6) is 0 Å². The van der Waals surface area contributed by atoms with Crippen LogP contribution in [0.1, 0.15) is 55.2 Å². The molecule has 0 fully saturated rings. The molecule has 18 nitrogen and oxygen atoms in total. The molecule has 0 aliphatic carbocycles. The van der Waals surface area contributed by atoms with Gasteiger partial charge in [0.05, 0.1) is 38.2 Å². The standard InChI is InChI=1S/C51H63N15O3/c1-61(2)25-7-10-49(67)52-43-19-13-40(14-20-43)46-34-64(58-55-46)31-37-28-38(32-65-35-47(56-59-65)41-15-21-44(22-16-41)53-50(68)11-8-26-62(3)4)30-39(29-37)33-66-36-48(57-60-66)42-17-23-45(24-18-42)54-51(69)12-9-27-63(5)6/h13-24,28-30,34-36H,7-12,25-27,31-33H2,1-6H3,(H,52,67)(H,53,68)(H,54,69). The van der Waals surface area contributed by atoms with Crippen LogP contribution in [0, 0.1) is 0 Å². The highest BCUT2D eigenvalue weighted by Crippen LogP contribution is 2.24. The summed E-state index contributed by atoms with van der Waals surface area (Å²) in [4.78, 5) is 43.5. The normalized spacial score (nSPS) is 11.4. The molecule has 0 unspecified atom stereocenters. The van der Waals surface area contributed by atoms with E-state index in [1.165, 1.54) is 0 Å². The highest BCUT2D eigenvalue weighted by molar-refractivity contribution is 5.92. The summed E-state index contributed by atoms with van der Waals surface area (Å²) in [6.07, 6.45) is 9.50. The number of carbonyl (C=O) groups excluding carboxylic acids is 3. The number of benzene rings is 4. The molecular formula is C51H63N15O3. The minimum Gasteiger partial charge on any atom is -0.326 e. The fourth-order valence-electron chi connectivity index (χ4n) is 7.71. The van der Waals surface area contributed by atoms with Crippen molar-refractivity contribution in [3.05, 3.63) is 126 Å². The van der Waals surface area contributed by atoms with Crippen molar-refractivity contribution in [3.8, 4) is 33.8 Å². The van der Waals surface area contributed by atoms with E-state index in [0.29, 0.717) is 56.0 Å². The van der Waals surface area contributed by atoms with Crippen molar-refractivity contribution in [1.29, 1.82) is 0 Å². The van der Waals surface area contributed by atoms with Crippen LogP contribution in [0.4, 0.5) is 17.1 Å². The average Bonchev–Trinajstić information content (AvgIpc) is 4.09. The molecule has 3 N–H and O–H groups in total. The van der Waals surface area contributed by atoms with E-state index in [2.05, 4.69) is 79.8 Å². The molecule has 0 aliphatic heterocycles. The summed E-state index contributed by atoms with van der Waals surface area (Å²) in [5.41, 5.74) is 10.0. The van der Waals surface area contributed by atoms with Gasteiger partial charge in [0.2, 0.25) is 17.7 Å². The van der Waals surface area contributed by atoms with Crippen LogP contribution in [-0.4, -0.2) is 139 Å². The van der Waals surface area contributed by atoms with E-state index in [9.17, 15) is 14.4 Å². The lowest BCUT2D eigenvalue weighted by molar-refractivity contribution is -0.117. The fraction of sp³-hybridized carbons (Fsp3) is 0.353. The maximum Gasteiger partial charge on any atom is 0.224 e. The Morgan fingerprint density at radius 3 is 0.928 bits per heavy atom. The quantitative estimate of drug-likeness (QED) is 0.0602. The Labute approximate surface area is 403 Å². The SMILES string of the molecule is CN(C)CCCC(=O)Nc1ccc(-c2cn(Cc3cc(Cn4cc(-c5ccc(NC(=O)CCCN(C)C)cc5)nn4)cc(Cn4cc(-c5ccc(NC(=O)CCCN(C)C)cc5)nn4)c3)nn2)cc1. The van der Waals surface area contributed by atoms with E-state index in [1.54, 1.807) is 0 Å². The Morgan fingerprint density at radius 1 is 0.420 bits per heavy atom. The second-order valence-corrected chi connectivity index (χ2v) is 18.2. The number of nitrogens with zero attached hydrogens (tertiary/aromatic N) is 12. The molecule has 69 heavy (non-hydrogen) atoms. The molecule has 0 bridgehead atoms. The van der Waals surface area contributed by atoms with Gasteiger partial charge in [-0.1, -0.05) is 70.2 Å². The molecule has 3 heterocycles. The van der Waals surface area contributed by atoms with Crippen molar-refractivity contribution in [2.24, 2.45) is 0 Å². The maximum absolute atomic E-state index is 12.4. The van der Waals surface area contributed by atoms with Crippen LogP contribution in [0.15, 0.2) is 110 Å². The lowest BCUT2D eigenvalue weighted by Crippen LogP contribution is -2.17. The zero-order valence-electron chi connectivity index (χ0n) is 40.5. The van der Waals surface area contributed by atoms with Gasteiger partial charge in [-0.2, -0.15) is 0 Å². The van der Waals surface area contributed by atoms with E-state index in [1.807, 2.05) is 148 Å². The zero-order chi connectivity index (χ0) is 48.7. The van der Waals surface area contributed by atoms with E-state index in [-0.39, 0.29) is 17.7 Å². The number of hydrogen-bond donors (Lipinski definition) is 3. The van der Waals surface area contributed by atoms with Gasteiger partial charge in [0.1, 0.15) is 17.1 Å². The van der Waals surface area contributed by atoms with Crippen LogP contribution >= 0.6 is 0 Å². The van der Waals surface area contributed by atoms with Gasteiger partial charge in [-0.25, -0.2) is 14.0 Å². The minimum atomic E-state index is -0.00937. The maximum atomic E-state index is 12.4. The third-order valence-electron chi connectivity index (χ3n) is 11.2. The zero-order valence-corrected chi connectivity index (χ0v) is 40.5. The van der Waals surface area contributed by atoms with Crippen LogP contribution in [0.3, 0.4) is 0 Å². The molecule has 18 heteroatoms. The molecule has 360 valence electrons. The first kappa shape index (κ1) is 49.5. The summed E-state index contributed by atoms with van der Waals surface area (Å²) in [6.45, 7) is 3.94. The van der Waals surface area contributed by atoms with Gasteiger partial charge in [-0.05, 0) is 134 Å². The third kappa shape index (κ3) is 15.6. The van der Waals surface area contributed by atoms with E-state index in [0.717, 1.165) is 89.3 Å². The molecule has 4 aromatic carbocycles. The molecule has 0 saturated carbocycles. The van der Waals surface area contributed by atoms with E-state index >= 15 is 0 Å². The molecule has 0 aliphatic rings. The van der Waals surface area contributed by atoms with Gasteiger partial charge in [0.15, 0.2) is 0 Å². The fourth-order valence-corrected chi connectivity index (χ4v) is 7.71. The predicted octanol–water partition coefficient (Wildman–Crippen LogP) is 6.45. The Kier molecular flexibility index (Phi) is 17.2. The van der Waals surface area contributed by atoms with Crippen LogP contribution in [-0.2, 0) is 34.0 Å². The average molecular weight is 934 g/mol. The van der Waals surface area contributed by atoms with Gasteiger partial charge in [0.25, 0.3) is 0 Å². The smallest absolute Gasteiger partial charge is 0.224 e. The second kappa shape index (κ2) is 24.0. The first-order valence-corrected chi connectivity index (χ1v) is 23.3. The van der Waals surface area contributed by atoms with Crippen molar-refractivity contribution in [3.63, 3.8) is 0 Å². The monoisotopic (exact) mass is 934 g/mol. The van der Waals surface area contributed by atoms with Gasteiger partial charge < -0.3 is 30.7 Å². The number of hydrogen-bond acceptors (Lipinski definition) is 12. The Bertz CT molecular complexity index is 2440. The van der Waals surface area contributed by atoms with E-state index < -0.39 is 0 Å². The van der Waals surface area contributed by atoms with Gasteiger partial charge in [0, 0.05) is 53.0 Å². The van der Waals surface area contributed by atoms with Gasteiger partial charge in [-0.3, -0.25) is 14.4 Å². The molecule has 0 radical (unpaired) electrons. The molecule has 7 rings (SSSR count). The highest BCUT2D eigenvalue weighted by Gasteiger charge is 2.13. The molecule has 0 spiro atoms.